The van der Waals surface area contributed by atoms with Gasteiger partial charge in [0.25, 0.3) is 0 Å². The quantitative estimate of drug-likeness (QED) is 0.807. The molecule has 3 rings (SSSR count). The lowest BCUT2D eigenvalue weighted by atomic mass is 10.00. The Morgan fingerprint density at radius 3 is 2.52 bits per heavy atom. The normalized spacial score (nSPS) is 15.3. The minimum Gasteiger partial charge on any atom is -0.480 e. The molecule has 27 heavy (non-hydrogen) atoms. The number of carboxylic acid groups (broad SMARTS) is 1. The summed E-state index contributed by atoms with van der Waals surface area (Å²) in [5.74, 6) is -0.735. The summed E-state index contributed by atoms with van der Waals surface area (Å²) >= 11 is 0. The lowest BCUT2D eigenvalue weighted by molar-refractivity contribution is -0.139. The highest BCUT2D eigenvalue weighted by Gasteiger charge is 2.26. The molecule has 0 bridgehead atoms. The van der Waals surface area contributed by atoms with E-state index in [0.717, 1.165) is 38.9 Å². The first-order valence-electron chi connectivity index (χ1n) is 9.85. The average Bonchev–Trinajstić information content (AvgIpc) is 2.66. The van der Waals surface area contributed by atoms with Crippen molar-refractivity contribution in [3.63, 3.8) is 0 Å². The van der Waals surface area contributed by atoms with Crippen LogP contribution in [0.15, 0.2) is 48.5 Å². The highest BCUT2D eigenvalue weighted by Crippen LogP contribution is 2.24. The van der Waals surface area contributed by atoms with Crippen molar-refractivity contribution in [3.05, 3.63) is 65.2 Å². The van der Waals surface area contributed by atoms with Crippen molar-refractivity contribution in [2.75, 3.05) is 31.1 Å². The van der Waals surface area contributed by atoms with Crippen LogP contribution in [0, 0.1) is 13.8 Å². The molecule has 2 aromatic carbocycles. The van der Waals surface area contributed by atoms with E-state index in [1.54, 1.807) is 0 Å². The monoisotopic (exact) mass is 366 g/mol. The maximum Gasteiger partial charge on any atom is 0.317 e. The van der Waals surface area contributed by atoms with Gasteiger partial charge in [-0.05, 0) is 61.9 Å². The molecule has 1 aliphatic rings. The number of nitrogens with zero attached hydrogens (tertiary/aromatic N) is 2. The first kappa shape index (κ1) is 19.4. The van der Waals surface area contributed by atoms with E-state index < -0.39 is 5.97 Å². The largest absolute Gasteiger partial charge is 0.480 e. The van der Waals surface area contributed by atoms with Crippen LogP contribution in [-0.2, 0) is 11.2 Å². The van der Waals surface area contributed by atoms with E-state index in [-0.39, 0.29) is 6.54 Å². The van der Waals surface area contributed by atoms with Gasteiger partial charge >= 0.3 is 5.97 Å². The third-order valence-electron chi connectivity index (χ3n) is 5.62. The lowest BCUT2D eigenvalue weighted by Gasteiger charge is -2.39. The number of anilines is 1. The maximum atomic E-state index is 11.4. The molecule has 1 heterocycles. The third-order valence-corrected chi connectivity index (χ3v) is 5.62. The Kier molecular flexibility index (Phi) is 6.51. The molecule has 0 spiro atoms. The number of aliphatic carboxylic acids is 1. The number of hydrogen-bond donors (Lipinski definition) is 1. The molecular weight excluding hydrogens is 336 g/mol. The van der Waals surface area contributed by atoms with Crippen LogP contribution in [0.2, 0.25) is 0 Å². The second kappa shape index (κ2) is 9.05. The van der Waals surface area contributed by atoms with Crippen molar-refractivity contribution in [3.8, 4) is 0 Å². The molecular formula is C23H30N2O2. The molecule has 0 saturated carbocycles. The van der Waals surface area contributed by atoms with Gasteiger partial charge in [0.1, 0.15) is 0 Å². The summed E-state index contributed by atoms with van der Waals surface area (Å²) in [7, 11) is 0. The fourth-order valence-corrected chi connectivity index (χ4v) is 4.03. The summed E-state index contributed by atoms with van der Waals surface area (Å²) in [5, 5.41) is 9.37. The van der Waals surface area contributed by atoms with E-state index in [0.29, 0.717) is 6.04 Å². The van der Waals surface area contributed by atoms with E-state index in [9.17, 15) is 9.90 Å². The molecule has 4 heteroatoms. The molecule has 1 fully saturated rings. The predicted octanol–water partition coefficient (Wildman–Crippen LogP) is 3.90. The standard InChI is InChI=1S/C23H30N2O2/c1-18-6-5-9-22(16-18)24-14-11-21(12-15-24)25(17-23(26)27)13-10-20-8-4-3-7-19(20)2/h3-9,16,21H,10-15,17H2,1-2H3,(H,26,27). The maximum absolute atomic E-state index is 11.4. The Balaban J connectivity index is 1.61. The van der Waals surface area contributed by atoms with Crippen LogP contribution >= 0.6 is 0 Å². The molecule has 4 nitrogen and oxygen atoms in total. The van der Waals surface area contributed by atoms with E-state index in [1.807, 2.05) is 0 Å². The molecule has 2 aromatic rings. The van der Waals surface area contributed by atoms with Gasteiger partial charge in [0.05, 0.1) is 6.54 Å². The summed E-state index contributed by atoms with van der Waals surface area (Å²) in [6, 6.07) is 17.3. The Morgan fingerprint density at radius 1 is 1.11 bits per heavy atom. The van der Waals surface area contributed by atoms with Gasteiger partial charge in [-0.1, -0.05) is 36.4 Å². The van der Waals surface area contributed by atoms with Gasteiger partial charge in [-0.2, -0.15) is 0 Å². The van der Waals surface area contributed by atoms with E-state index >= 15 is 0 Å². The highest BCUT2D eigenvalue weighted by atomic mass is 16.4. The van der Waals surface area contributed by atoms with Crippen LogP contribution in [0.4, 0.5) is 5.69 Å². The number of benzene rings is 2. The molecule has 0 aliphatic carbocycles. The van der Waals surface area contributed by atoms with Crippen molar-refractivity contribution in [1.82, 2.24) is 4.90 Å². The zero-order chi connectivity index (χ0) is 19.2. The third kappa shape index (κ3) is 5.33. The van der Waals surface area contributed by atoms with Crippen molar-refractivity contribution >= 4 is 11.7 Å². The Morgan fingerprint density at radius 2 is 1.85 bits per heavy atom. The first-order chi connectivity index (χ1) is 13.0. The van der Waals surface area contributed by atoms with Crippen LogP contribution in [0.3, 0.4) is 0 Å². The van der Waals surface area contributed by atoms with Crippen LogP contribution in [-0.4, -0.2) is 48.2 Å². The Hall–Kier alpha value is -2.33. The molecule has 1 N–H and O–H groups in total. The topological polar surface area (TPSA) is 43.8 Å². The number of carbonyl (C=O) groups is 1. The molecule has 0 aromatic heterocycles. The van der Waals surface area contributed by atoms with Crippen LogP contribution in [0.25, 0.3) is 0 Å². The van der Waals surface area contributed by atoms with Gasteiger partial charge in [0.2, 0.25) is 0 Å². The van der Waals surface area contributed by atoms with E-state index in [4.69, 9.17) is 0 Å². The number of aryl methyl sites for hydroxylation is 2. The molecule has 0 unspecified atom stereocenters. The molecule has 1 aliphatic heterocycles. The van der Waals surface area contributed by atoms with Crippen molar-refractivity contribution < 1.29 is 9.90 Å². The van der Waals surface area contributed by atoms with Gasteiger partial charge in [-0.15, -0.1) is 0 Å². The van der Waals surface area contributed by atoms with Crippen molar-refractivity contribution in [1.29, 1.82) is 0 Å². The van der Waals surface area contributed by atoms with Gasteiger partial charge in [-0.3, -0.25) is 9.69 Å². The summed E-state index contributed by atoms with van der Waals surface area (Å²) in [4.78, 5) is 16.0. The fourth-order valence-electron chi connectivity index (χ4n) is 4.03. The Bertz CT molecular complexity index is 766. The van der Waals surface area contributed by atoms with Crippen molar-refractivity contribution in [2.24, 2.45) is 0 Å². The van der Waals surface area contributed by atoms with Gasteiger partial charge < -0.3 is 10.0 Å². The fraction of sp³-hybridized carbons (Fsp3) is 0.435. The van der Waals surface area contributed by atoms with Gasteiger partial charge in [0, 0.05) is 31.4 Å². The molecule has 0 radical (unpaired) electrons. The number of piperidine rings is 1. The average molecular weight is 367 g/mol. The predicted molar refractivity (Wildman–Crippen MR) is 111 cm³/mol. The zero-order valence-electron chi connectivity index (χ0n) is 16.4. The second-order valence-corrected chi connectivity index (χ2v) is 7.60. The zero-order valence-corrected chi connectivity index (χ0v) is 16.4. The van der Waals surface area contributed by atoms with Crippen LogP contribution < -0.4 is 4.90 Å². The van der Waals surface area contributed by atoms with E-state index in [2.05, 4.69) is 72.2 Å². The lowest BCUT2D eigenvalue weighted by Crippen LogP contribution is -2.47. The molecule has 1 saturated heterocycles. The van der Waals surface area contributed by atoms with Gasteiger partial charge in [0.15, 0.2) is 0 Å². The summed E-state index contributed by atoms with van der Waals surface area (Å²) in [5.41, 5.74) is 5.14. The molecule has 0 amide bonds. The summed E-state index contributed by atoms with van der Waals surface area (Å²) in [6.07, 6.45) is 2.92. The van der Waals surface area contributed by atoms with Gasteiger partial charge in [-0.25, -0.2) is 0 Å². The minimum absolute atomic E-state index is 0.126. The number of rotatable bonds is 7. The minimum atomic E-state index is -0.735. The SMILES string of the molecule is Cc1cccc(N2CCC(N(CCc3ccccc3C)CC(=O)O)CC2)c1. The first-order valence-corrected chi connectivity index (χ1v) is 9.85. The summed E-state index contributed by atoms with van der Waals surface area (Å²) < 4.78 is 0. The highest BCUT2D eigenvalue weighted by molar-refractivity contribution is 5.69. The van der Waals surface area contributed by atoms with Crippen LogP contribution in [0.5, 0.6) is 0 Å². The van der Waals surface area contributed by atoms with Crippen LogP contribution in [0.1, 0.15) is 29.5 Å². The Labute approximate surface area is 162 Å². The number of hydrogen-bond acceptors (Lipinski definition) is 3. The molecule has 0 atom stereocenters. The number of carboxylic acids is 1. The smallest absolute Gasteiger partial charge is 0.317 e. The summed E-state index contributed by atoms with van der Waals surface area (Å²) in [6.45, 7) is 7.13. The second-order valence-electron chi connectivity index (χ2n) is 7.60. The van der Waals surface area contributed by atoms with E-state index in [1.165, 1.54) is 22.4 Å². The molecule has 144 valence electrons. The van der Waals surface area contributed by atoms with Crippen molar-refractivity contribution in [2.45, 2.75) is 39.2 Å².